The van der Waals surface area contributed by atoms with Crippen LogP contribution in [0.5, 0.6) is 0 Å². The van der Waals surface area contributed by atoms with Gasteiger partial charge in [-0.25, -0.2) is 4.39 Å². The van der Waals surface area contributed by atoms with Crippen LogP contribution in [0.1, 0.15) is 15.2 Å². The number of allylic oxidation sites excluding steroid dienone is 4. The number of amides is 1. The molecule has 0 spiro atoms. The van der Waals surface area contributed by atoms with Gasteiger partial charge in [0.25, 0.3) is 11.5 Å². The number of carbonyl (C=O) groups is 1. The van der Waals surface area contributed by atoms with E-state index in [1.54, 1.807) is 29.4 Å². The molecule has 7 nitrogen and oxygen atoms in total. The molecule has 0 radical (unpaired) electrons. The molecule has 1 aliphatic heterocycles. The van der Waals surface area contributed by atoms with E-state index in [4.69, 9.17) is 0 Å². The topological polar surface area (TPSA) is 82.2 Å². The van der Waals surface area contributed by atoms with Crippen LogP contribution < -0.4 is 10.5 Å². The van der Waals surface area contributed by atoms with Crippen molar-refractivity contribution in [2.45, 2.75) is 6.54 Å². The zero-order valence-corrected chi connectivity index (χ0v) is 18.8. The predicted octanol–water partition coefficient (Wildman–Crippen LogP) is 3.40. The molecule has 0 saturated carbocycles. The number of nitrogens with zero attached hydrogens (tertiary/aromatic N) is 5. The molecule has 168 valence electrons. The molecule has 3 aromatic heterocycles. The van der Waals surface area contributed by atoms with Crippen molar-refractivity contribution in [1.29, 1.82) is 5.26 Å². The summed E-state index contributed by atoms with van der Waals surface area (Å²) in [6, 6.07) is 7.44. The van der Waals surface area contributed by atoms with E-state index in [1.807, 2.05) is 16.3 Å². The lowest BCUT2D eigenvalue weighted by Crippen LogP contribution is -2.49. The van der Waals surface area contributed by atoms with Crippen LogP contribution in [0, 0.1) is 11.3 Å². The lowest BCUT2D eigenvalue weighted by atomic mass is 10.1. The van der Waals surface area contributed by atoms with Crippen LogP contribution in [0.3, 0.4) is 0 Å². The minimum atomic E-state index is -0.472. The molecule has 1 amide bonds. The lowest BCUT2D eigenvalue weighted by molar-refractivity contribution is 0.0751. The van der Waals surface area contributed by atoms with Gasteiger partial charge in [-0.05, 0) is 23.6 Å². The maximum atomic E-state index is 13.7. The Bertz CT molecular complexity index is 1530. The normalized spacial score (nSPS) is 15.3. The molecular weight excluding hydrogens is 453 g/mol. The fourth-order valence-electron chi connectivity index (χ4n) is 4.26. The standard InChI is InChI=1S/C25H18FN5O2S/c26-18-4-1-3-17(13-18)16-31-21-6-7-28-15-20(21)23(19(14-27)24(31)32)29-8-10-30(11-9-29)25(33)22-5-2-12-34-22/h2,4-7,12-13,15H,8-11,16H2. The second-order valence-electron chi connectivity index (χ2n) is 7.84. The van der Waals surface area contributed by atoms with Gasteiger partial charge >= 0.3 is 0 Å². The van der Waals surface area contributed by atoms with Crippen molar-refractivity contribution in [3.05, 3.63) is 91.8 Å². The van der Waals surface area contributed by atoms with E-state index in [0.29, 0.717) is 53.2 Å². The molecule has 0 bridgehead atoms. The summed E-state index contributed by atoms with van der Waals surface area (Å²) in [4.78, 5) is 34.8. The van der Waals surface area contributed by atoms with Gasteiger partial charge in [-0.15, -0.1) is 11.3 Å². The molecule has 0 aromatic carbocycles. The van der Waals surface area contributed by atoms with Gasteiger partial charge in [0.15, 0.2) is 0 Å². The van der Waals surface area contributed by atoms with Gasteiger partial charge in [0.05, 0.1) is 22.6 Å². The minimum Gasteiger partial charge on any atom is -0.366 e. The first-order valence-electron chi connectivity index (χ1n) is 10.6. The zero-order valence-electron chi connectivity index (χ0n) is 18.0. The van der Waals surface area contributed by atoms with Gasteiger partial charge < -0.3 is 14.4 Å². The molecule has 1 fully saturated rings. The van der Waals surface area contributed by atoms with Crippen molar-refractivity contribution < 1.29 is 9.18 Å². The summed E-state index contributed by atoms with van der Waals surface area (Å²) in [6.07, 6.45) is 5.67. The number of hydrogen-bond donors (Lipinski definition) is 0. The Hall–Kier alpha value is -4.21. The predicted molar refractivity (Wildman–Crippen MR) is 127 cm³/mol. The van der Waals surface area contributed by atoms with Gasteiger partial charge in [-0.2, -0.15) is 5.26 Å². The molecule has 2 aliphatic rings. The van der Waals surface area contributed by atoms with Crippen molar-refractivity contribution in [1.82, 2.24) is 14.5 Å². The first-order chi connectivity index (χ1) is 16.6. The summed E-state index contributed by atoms with van der Waals surface area (Å²) in [7, 11) is 0. The number of anilines is 1. The van der Waals surface area contributed by atoms with E-state index in [9.17, 15) is 19.2 Å². The summed E-state index contributed by atoms with van der Waals surface area (Å²) in [5.74, 6) is -0.486. The first-order valence-corrected chi connectivity index (χ1v) is 11.5. The Morgan fingerprint density at radius 3 is 2.79 bits per heavy atom. The van der Waals surface area contributed by atoms with Gasteiger partial charge in [0.2, 0.25) is 0 Å². The molecule has 4 heterocycles. The number of aromatic nitrogens is 2. The number of thiophene rings is 1. The fraction of sp³-hybridized carbons (Fsp3) is 0.200. The Morgan fingerprint density at radius 2 is 2.09 bits per heavy atom. The molecule has 5 rings (SSSR count). The Labute approximate surface area is 198 Å². The fourth-order valence-corrected chi connectivity index (χ4v) is 4.95. The van der Waals surface area contributed by atoms with Gasteiger partial charge in [-0.1, -0.05) is 17.5 Å². The Balaban J connectivity index is 1.52. The van der Waals surface area contributed by atoms with E-state index in [2.05, 4.69) is 22.5 Å². The van der Waals surface area contributed by atoms with Crippen molar-refractivity contribution in [3.63, 3.8) is 0 Å². The average Bonchev–Trinajstić information content (AvgIpc) is 3.40. The van der Waals surface area contributed by atoms with Crippen LogP contribution in [-0.4, -0.2) is 46.5 Å². The summed E-state index contributed by atoms with van der Waals surface area (Å²) >= 11 is 1.41. The average molecular weight is 472 g/mol. The summed E-state index contributed by atoms with van der Waals surface area (Å²) in [5, 5.41) is 12.5. The molecule has 0 unspecified atom stereocenters. The molecule has 9 heteroatoms. The molecule has 1 saturated heterocycles. The molecule has 34 heavy (non-hydrogen) atoms. The van der Waals surface area contributed by atoms with E-state index in [0.717, 1.165) is 0 Å². The number of fused-ring (bicyclic) bond motifs is 1. The van der Waals surface area contributed by atoms with Crippen molar-refractivity contribution >= 4 is 33.8 Å². The third kappa shape index (κ3) is 3.87. The van der Waals surface area contributed by atoms with Gasteiger partial charge in [0.1, 0.15) is 17.5 Å². The summed E-state index contributed by atoms with van der Waals surface area (Å²) in [6.45, 7) is 1.95. The number of hydrogen-bond acceptors (Lipinski definition) is 6. The number of nitriles is 1. The molecule has 0 N–H and O–H groups in total. The molecule has 3 aromatic rings. The molecular formula is C25H18FN5O2S. The van der Waals surface area contributed by atoms with Crippen LogP contribution in [0.2, 0.25) is 0 Å². The van der Waals surface area contributed by atoms with E-state index in [-0.39, 0.29) is 18.0 Å². The Kier molecular flexibility index (Phi) is 5.70. The molecule has 0 atom stereocenters. The van der Waals surface area contributed by atoms with Crippen molar-refractivity contribution in [2.75, 3.05) is 31.1 Å². The largest absolute Gasteiger partial charge is 0.366 e. The highest BCUT2D eigenvalue weighted by Gasteiger charge is 2.27. The number of rotatable bonds is 4. The quantitative estimate of drug-likeness (QED) is 0.545. The van der Waals surface area contributed by atoms with E-state index in [1.165, 1.54) is 28.1 Å². The van der Waals surface area contributed by atoms with Crippen LogP contribution in [0.25, 0.3) is 10.9 Å². The maximum Gasteiger partial charge on any atom is 0.271 e. The number of halogens is 1. The third-order valence-corrected chi connectivity index (χ3v) is 6.71. The monoisotopic (exact) mass is 471 g/mol. The van der Waals surface area contributed by atoms with Gasteiger partial charge in [0, 0.05) is 55.6 Å². The maximum absolute atomic E-state index is 13.7. The zero-order chi connectivity index (χ0) is 23.7. The Morgan fingerprint density at radius 1 is 1.26 bits per heavy atom. The number of piperazine rings is 1. The lowest BCUT2D eigenvalue weighted by Gasteiger charge is -2.36. The minimum absolute atomic E-state index is 0.00100. The summed E-state index contributed by atoms with van der Waals surface area (Å²) < 4.78 is 15.1. The van der Waals surface area contributed by atoms with Crippen LogP contribution in [0.4, 0.5) is 10.1 Å². The van der Waals surface area contributed by atoms with Crippen LogP contribution in [-0.2, 0) is 6.54 Å². The van der Waals surface area contributed by atoms with E-state index < -0.39 is 11.4 Å². The van der Waals surface area contributed by atoms with Crippen molar-refractivity contribution in [2.24, 2.45) is 0 Å². The highest BCUT2D eigenvalue weighted by molar-refractivity contribution is 7.12. The van der Waals surface area contributed by atoms with Crippen LogP contribution >= 0.6 is 11.3 Å². The summed E-state index contributed by atoms with van der Waals surface area (Å²) in [5.41, 5.74) is 6.50. The molecule has 1 aliphatic carbocycles. The smallest absolute Gasteiger partial charge is 0.271 e. The van der Waals surface area contributed by atoms with Gasteiger partial charge in [-0.3, -0.25) is 14.6 Å². The van der Waals surface area contributed by atoms with Crippen LogP contribution in [0.15, 0.2) is 75.8 Å². The first kappa shape index (κ1) is 21.6. The second kappa shape index (κ2) is 8.97. The third-order valence-electron chi connectivity index (χ3n) is 5.85. The number of carbonyl (C=O) groups excluding carboxylic acids is 1. The highest BCUT2D eigenvalue weighted by atomic mass is 32.1. The second-order valence-corrected chi connectivity index (χ2v) is 8.79. The van der Waals surface area contributed by atoms with Crippen molar-refractivity contribution in [3.8, 4) is 6.07 Å². The number of pyridine rings is 2. The highest BCUT2D eigenvalue weighted by Crippen LogP contribution is 2.30. The van der Waals surface area contributed by atoms with E-state index >= 15 is 0 Å². The SMILES string of the molecule is N#Cc1c(N2CCN(C(=O)c3cccs3)CC2)c2cnccc2n(CC2=C=C=CC(F)=C2)c1=O.